The van der Waals surface area contributed by atoms with Crippen molar-refractivity contribution in [2.24, 2.45) is 0 Å². The van der Waals surface area contributed by atoms with E-state index in [1.807, 2.05) is 23.0 Å². The molecule has 0 spiro atoms. The zero-order valence-corrected chi connectivity index (χ0v) is 11.5. The monoisotopic (exact) mass is 226 g/mol. The van der Waals surface area contributed by atoms with Crippen LogP contribution in [0.2, 0.25) is 0 Å². The Hall–Kier alpha value is -0.420. The maximum atomic E-state index is 5.69. The van der Waals surface area contributed by atoms with E-state index in [1.165, 1.54) is 6.42 Å². The minimum absolute atomic E-state index is 0. The second kappa shape index (κ2) is 5.27. The zero-order chi connectivity index (χ0) is 10.1. The van der Waals surface area contributed by atoms with Gasteiger partial charge in [-0.2, -0.15) is 5.10 Å². The van der Waals surface area contributed by atoms with Gasteiger partial charge in [0.2, 0.25) is 0 Å². The number of nitrogens with zero attached hydrogens (tertiary/aromatic N) is 3. The van der Waals surface area contributed by atoms with Gasteiger partial charge in [0.15, 0.2) is 11.9 Å². The average molecular weight is 226 g/mol. The number of rotatable bonds is 1. The van der Waals surface area contributed by atoms with Crippen molar-refractivity contribution in [1.29, 1.82) is 0 Å². The zero-order valence-electron chi connectivity index (χ0n) is 9.47. The molecule has 2 aromatic heterocycles. The molecule has 1 saturated heterocycles. The third kappa shape index (κ3) is 2.15. The molecule has 0 amide bonds. The second-order valence-corrected chi connectivity index (χ2v) is 3.83. The van der Waals surface area contributed by atoms with E-state index in [2.05, 4.69) is 10.1 Å². The molecule has 0 bridgehead atoms. The molecule has 2 aromatic rings. The maximum absolute atomic E-state index is 5.69. The van der Waals surface area contributed by atoms with Crippen molar-refractivity contribution in [1.82, 2.24) is 14.8 Å². The Morgan fingerprint density at radius 3 is 3.12 bits per heavy atom. The Kier molecular flexibility index (Phi) is 3.97. The fourth-order valence-electron chi connectivity index (χ4n) is 2.01. The topological polar surface area (TPSA) is 39.9 Å². The van der Waals surface area contributed by atoms with Crippen LogP contribution in [0.25, 0.3) is 11.0 Å². The molecule has 4 nitrogen and oxygen atoms in total. The third-order valence-corrected chi connectivity index (χ3v) is 2.78. The van der Waals surface area contributed by atoms with Crippen LogP contribution >= 0.6 is 0 Å². The molecule has 1 radical (unpaired) electrons. The number of hydrogen-bond acceptors (Lipinski definition) is 3. The van der Waals surface area contributed by atoms with Gasteiger partial charge in [0.1, 0.15) is 0 Å². The molecule has 79 valence electrons. The van der Waals surface area contributed by atoms with Crippen LogP contribution in [0.1, 0.15) is 25.5 Å². The van der Waals surface area contributed by atoms with E-state index < -0.39 is 0 Å². The molecule has 3 heterocycles. The quantitative estimate of drug-likeness (QED) is 0.695. The number of pyridine rings is 1. The van der Waals surface area contributed by atoms with E-state index in [0.717, 1.165) is 30.5 Å². The van der Waals surface area contributed by atoms with Gasteiger partial charge in [0.05, 0.1) is 6.20 Å². The van der Waals surface area contributed by atoms with Gasteiger partial charge in [-0.1, -0.05) is 0 Å². The van der Waals surface area contributed by atoms with Crippen LogP contribution in [-0.2, 0) is 4.74 Å². The van der Waals surface area contributed by atoms with Crippen LogP contribution in [0.3, 0.4) is 0 Å². The Balaban J connectivity index is 0.000000963. The Morgan fingerprint density at radius 2 is 2.31 bits per heavy atom. The molecule has 1 unspecified atom stereocenters. The molecule has 0 N–H and O–H groups in total. The molecule has 1 aliphatic rings. The molecule has 0 aliphatic carbocycles. The van der Waals surface area contributed by atoms with E-state index in [9.17, 15) is 0 Å². The Morgan fingerprint density at radius 1 is 1.38 bits per heavy atom. The summed E-state index contributed by atoms with van der Waals surface area (Å²) in [6.45, 7) is 0.832. The molecule has 0 saturated carbocycles. The van der Waals surface area contributed by atoms with E-state index >= 15 is 0 Å². The second-order valence-electron chi connectivity index (χ2n) is 3.83. The summed E-state index contributed by atoms with van der Waals surface area (Å²) in [5.41, 5.74) is 0.921. The van der Waals surface area contributed by atoms with E-state index in [-0.39, 0.29) is 35.8 Å². The number of hydrogen-bond donors (Lipinski definition) is 0. The first-order valence-electron chi connectivity index (χ1n) is 5.35. The van der Waals surface area contributed by atoms with Crippen molar-refractivity contribution in [3.8, 4) is 0 Å². The van der Waals surface area contributed by atoms with E-state index in [0.29, 0.717) is 0 Å². The van der Waals surface area contributed by atoms with Crippen LogP contribution in [0, 0.1) is 0 Å². The summed E-state index contributed by atoms with van der Waals surface area (Å²) in [5.74, 6) is 0. The number of ether oxygens (including phenoxy) is 1. The van der Waals surface area contributed by atoms with E-state index in [4.69, 9.17) is 4.74 Å². The van der Waals surface area contributed by atoms with Crippen LogP contribution < -0.4 is 0 Å². The maximum Gasteiger partial charge on any atom is 0.160 e. The summed E-state index contributed by atoms with van der Waals surface area (Å²) in [4.78, 5) is 4.34. The van der Waals surface area contributed by atoms with Gasteiger partial charge < -0.3 is 4.74 Å². The van der Waals surface area contributed by atoms with E-state index in [1.54, 1.807) is 6.20 Å². The van der Waals surface area contributed by atoms with Gasteiger partial charge in [-0.3, -0.25) is 0 Å². The molecule has 1 atom stereocenters. The van der Waals surface area contributed by atoms with Gasteiger partial charge in [0.25, 0.3) is 0 Å². The Labute approximate surface area is 116 Å². The smallest absolute Gasteiger partial charge is 0.160 e. The van der Waals surface area contributed by atoms with Crippen molar-refractivity contribution in [3.05, 3.63) is 24.5 Å². The normalized spacial score (nSPS) is 20.6. The fourth-order valence-corrected chi connectivity index (χ4v) is 2.01. The van der Waals surface area contributed by atoms with Crippen LogP contribution in [0.4, 0.5) is 0 Å². The molecule has 0 aromatic carbocycles. The van der Waals surface area contributed by atoms with Crippen molar-refractivity contribution < 1.29 is 4.74 Å². The molecular formula is C11H13N3NaO. The first-order chi connectivity index (χ1) is 7.45. The van der Waals surface area contributed by atoms with Crippen molar-refractivity contribution in [2.45, 2.75) is 25.5 Å². The molecule has 16 heavy (non-hydrogen) atoms. The first-order valence-corrected chi connectivity index (χ1v) is 5.35. The Bertz CT molecular complexity index is 465. The summed E-state index contributed by atoms with van der Waals surface area (Å²) in [6.07, 6.45) is 7.12. The first kappa shape index (κ1) is 12.0. The average Bonchev–Trinajstić information content (AvgIpc) is 2.74. The molecule has 3 rings (SSSR count). The van der Waals surface area contributed by atoms with Gasteiger partial charge in [-0.05, 0) is 31.4 Å². The summed E-state index contributed by atoms with van der Waals surface area (Å²) >= 11 is 0. The number of aromatic nitrogens is 3. The molecular weight excluding hydrogens is 213 g/mol. The third-order valence-electron chi connectivity index (χ3n) is 2.78. The summed E-state index contributed by atoms with van der Waals surface area (Å²) in [6, 6.07) is 3.95. The minimum Gasteiger partial charge on any atom is -0.356 e. The van der Waals surface area contributed by atoms with Crippen molar-refractivity contribution in [3.63, 3.8) is 0 Å². The van der Waals surface area contributed by atoms with Gasteiger partial charge in [-0.25, -0.2) is 9.67 Å². The summed E-state index contributed by atoms with van der Waals surface area (Å²) in [5, 5.41) is 5.42. The van der Waals surface area contributed by atoms with Gasteiger partial charge >= 0.3 is 0 Å². The van der Waals surface area contributed by atoms with Crippen molar-refractivity contribution in [2.75, 3.05) is 6.61 Å². The predicted molar refractivity (Wildman–Crippen MR) is 62.1 cm³/mol. The van der Waals surface area contributed by atoms with Crippen LogP contribution in [0.5, 0.6) is 0 Å². The predicted octanol–water partition coefficient (Wildman–Crippen LogP) is 1.75. The van der Waals surface area contributed by atoms with Gasteiger partial charge in [0, 0.05) is 47.7 Å². The van der Waals surface area contributed by atoms with Crippen LogP contribution in [0.15, 0.2) is 24.5 Å². The minimum atomic E-state index is 0. The molecule has 5 heteroatoms. The molecule has 1 aliphatic heterocycles. The van der Waals surface area contributed by atoms with Crippen LogP contribution in [-0.4, -0.2) is 50.9 Å². The number of fused-ring (bicyclic) bond motifs is 1. The fraction of sp³-hybridized carbons (Fsp3) is 0.455. The largest absolute Gasteiger partial charge is 0.356 e. The standard InChI is InChI=1S/C11H13N3O.Na/c1-2-7-15-10(5-1)14-11-9(8-13-14)4-3-6-12-11;/h3-4,6,8,10H,1-2,5,7H2;. The van der Waals surface area contributed by atoms with Crippen molar-refractivity contribution >= 4 is 40.6 Å². The summed E-state index contributed by atoms with van der Waals surface area (Å²) < 4.78 is 7.59. The SMILES string of the molecule is [Na].c1cnc2c(c1)cnn2C1CCCCO1. The molecule has 1 fully saturated rings. The summed E-state index contributed by atoms with van der Waals surface area (Å²) in [7, 11) is 0. The van der Waals surface area contributed by atoms with Gasteiger partial charge in [-0.15, -0.1) is 0 Å².